The molecule has 2 saturated heterocycles. The third-order valence-electron chi connectivity index (χ3n) is 7.03. The maximum atomic E-state index is 13.0. The van der Waals surface area contributed by atoms with Crippen molar-refractivity contribution in [3.8, 4) is 0 Å². The number of pyridine rings is 2. The molecule has 31 heavy (non-hydrogen) atoms. The quantitative estimate of drug-likeness (QED) is 0.717. The second-order valence-electron chi connectivity index (χ2n) is 9.15. The number of hydrogen-bond acceptors (Lipinski definition) is 4. The van der Waals surface area contributed by atoms with E-state index in [9.17, 15) is 9.59 Å². The molecule has 0 spiro atoms. The van der Waals surface area contributed by atoms with Gasteiger partial charge in [0.1, 0.15) is 0 Å². The fraction of sp³-hybridized carbons (Fsp3) is 0.480. The lowest BCUT2D eigenvalue weighted by Gasteiger charge is -2.42. The molecule has 2 aromatic heterocycles. The van der Waals surface area contributed by atoms with Crippen LogP contribution in [-0.2, 0) is 11.3 Å². The van der Waals surface area contributed by atoms with Crippen LogP contribution < -0.4 is 5.56 Å². The summed E-state index contributed by atoms with van der Waals surface area (Å²) in [7, 11) is 0. The SMILES string of the molecule is O=C(/C=C/CN1C[C@@H]2C[C@H](C1)c1cccc(=O)n1C2)N1CCCC[C@@H]1c1cccnc1. The Balaban J connectivity index is 1.23. The van der Waals surface area contributed by atoms with Crippen LogP contribution >= 0.6 is 0 Å². The van der Waals surface area contributed by atoms with Crippen LogP contribution in [0.4, 0.5) is 0 Å². The molecule has 0 radical (unpaired) electrons. The number of likely N-dealkylation sites (tertiary alicyclic amines) is 2. The molecule has 5 heterocycles. The summed E-state index contributed by atoms with van der Waals surface area (Å²) in [5.41, 5.74) is 2.42. The monoisotopic (exact) mass is 418 g/mol. The zero-order valence-electron chi connectivity index (χ0n) is 17.9. The van der Waals surface area contributed by atoms with Crippen molar-refractivity contribution in [1.29, 1.82) is 0 Å². The molecule has 162 valence electrons. The normalized spacial score (nSPS) is 26.1. The summed E-state index contributed by atoms with van der Waals surface area (Å²) in [5, 5.41) is 0. The van der Waals surface area contributed by atoms with Crippen LogP contribution in [0, 0.1) is 5.92 Å². The van der Waals surface area contributed by atoms with Gasteiger partial charge in [0.2, 0.25) is 5.91 Å². The maximum Gasteiger partial charge on any atom is 0.250 e. The molecule has 3 atom stereocenters. The van der Waals surface area contributed by atoms with Crippen LogP contribution in [0.5, 0.6) is 0 Å². The topological polar surface area (TPSA) is 58.4 Å². The number of piperidine rings is 2. The minimum absolute atomic E-state index is 0.0997. The van der Waals surface area contributed by atoms with Gasteiger partial charge in [0.25, 0.3) is 5.56 Å². The Bertz CT molecular complexity index is 1020. The van der Waals surface area contributed by atoms with Crippen LogP contribution in [0.25, 0.3) is 0 Å². The Morgan fingerprint density at radius 2 is 2.06 bits per heavy atom. The molecule has 0 unspecified atom stereocenters. The molecule has 6 nitrogen and oxygen atoms in total. The molecule has 2 fully saturated rings. The fourth-order valence-corrected chi connectivity index (χ4v) is 5.66. The molecule has 0 saturated carbocycles. The molecule has 0 N–H and O–H groups in total. The first kappa shape index (κ1) is 20.2. The molecule has 6 heteroatoms. The van der Waals surface area contributed by atoms with Gasteiger partial charge in [-0.2, -0.15) is 0 Å². The van der Waals surface area contributed by atoms with Crippen molar-refractivity contribution in [2.45, 2.75) is 44.2 Å². The molecule has 1 amide bonds. The lowest BCUT2D eigenvalue weighted by molar-refractivity contribution is -0.129. The van der Waals surface area contributed by atoms with E-state index in [2.05, 4.69) is 22.0 Å². The van der Waals surface area contributed by atoms with Crippen molar-refractivity contribution in [2.24, 2.45) is 5.92 Å². The van der Waals surface area contributed by atoms with E-state index in [1.165, 1.54) is 5.69 Å². The highest BCUT2D eigenvalue weighted by Crippen LogP contribution is 2.35. The number of rotatable bonds is 4. The molecule has 2 bridgehead atoms. The van der Waals surface area contributed by atoms with E-state index < -0.39 is 0 Å². The molecule has 5 rings (SSSR count). The number of nitrogens with zero attached hydrogens (tertiary/aromatic N) is 4. The van der Waals surface area contributed by atoms with E-state index in [-0.39, 0.29) is 17.5 Å². The number of amides is 1. The molecular formula is C25H30N4O2. The van der Waals surface area contributed by atoms with Crippen molar-refractivity contribution in [3.05, 3.63) is 76.5 Å². The van der Waals surface area contributed by atoms with Gasteiger partial charge in [0, 0.05) is 68.9 Å². The molecule has 3 aliphatic heterocycles. The first-order valence-corrected chi connectivity index (χ1v) is 11.5. The van der Waals surface area contributed by atoms with Gasteiger partial charge < -0.3 is 9.47 Å². The van der Waals surface area contributed by atoms with Gasteiger partial charge in [0.05, 0.1) is 6.04 Å². The van der Waals surface area contributed by atoms with Crippen molar-refractivity contribution in [2.75, 3.05) is 26.2 Å². The Kier molecular flexibility index (Phi) is 5.72. The van der Waals surface area contributed by atoms with E-state index in [1.807, 2.05) is 33.9 Å². The largest absolute Gasteiger partial charge is 0.332 e. The van der Waals surface area contributed by atoms with Crippen molar-refractivity contribution >= 4 is 5.91 Å². The zero-order valence-corrected chi connectivity index (χ0v) is 17.9. The van der Waals surface area contributed by atoms with Crippen LogP contribution in [0.1, 0.15) is 48.9 Å². The van der Waals surface area contributed by atoms with Crippen molar-refractivity contribution < 1.29 is 4.79 Å². The summed E-state index contributed by atoms with van der Waals surface area (Å²) >= 11 is 0. The maximum absolute atomic E-state index is 13.0. The van der Waals surface area contributed by atoms with E-state index >= 15 is 0 Å². The third kappa shape index (κ3) is 4.22. The van der Waals surface area contributed by atoms with E-state index in [0.29, 0.717) is 11.8 Å². The smallest absolute Gasteiger partial charge is 0.250 e. The Hall–Kier alpha value is -2.73. The van der Waals surface area contributed by atoms with Gasteiger partial charge in [-0.25, -0.2) is 0 Å². The highest BCUT2D eigenvalue weighted by molar-refractivity contribution is 5.88. The fourth-order valence-electron chi connectivity index (χ4n) is 5.66. The number of hydrogen-bond donors (Lipinski definition) is 0. The lowest BCUT2D eigenvalue weighted by Crippen LogP contribution is -2.47. The van der Waals surface area contributed by atoms with E-state index in [1.54, 1.807) is 18.3 Å². The highest BCUT2D eigenvalue weighted by Gasteiger charge is 2.34. The Labute approximate surface area is 183 Å². The van der Waals surface area contributed by atoms with Crippen LogP contribution in [0.15, 0.2) is 59.7 Å². The second kappa shape index (κ2) is 8.79. The minimum atomic E-state index is 0.0997. The van der Waals surface area contributed by atoms with Crippen LogP contribution in [0.2, 0.25) is 0 Å². The van der Waals surface area contributed by atoms with Gasteiger partial charge in [-0.15, -0.1) is 0 Å². The van der Waals surface area contributed by atoms with Crippen molar-refractivity contribution in [3.63, 3.8) is 0 Å². The molecule has 3 aliphatic rings. The van der Waals surface area contributed by atoms with Crippen LogP contribution in [0.3, 0.4) is 0 Å². The summed E-state index contributed by atoms with van der Waals surface area (Å²) in [5.74, 6) is 1.01. The number of carbonyl (C=O) groups excluding carboxylic acids is 1. The van der Waals surface area contributed by atoms with E-state index in [4.69, 9.17) is 0 Å². The van der Waals surface area contributed by atoms with Gasteiger partial charge in [-0.3, -0.25) is 19.5 Å². The summed E-state index contributed by atoms with van der Waals surface area (Å²) in [4.78, 5) is 33.9. The van der Waals surface area contributed by atoms with Crippen LogP contribution in [-0.4, -0.2) is 51.4 Å². The van der Waals surface area contributed by atoms with Gasteiger partial charge in [-0.05, 0) is 49.3 Å². The summed E-state index contributed by atoms with van der Waals surface area (Å²) in [6.07, 6.45) is 11.8. The number of carbonyl (C=O) groups is 1. The Morgan fingerprint density at radius 3 is 2.94 bits per heavy atom. The van der Waals surface area contributed by atoms with Crippen molar-refractivity contribution in [1.82, 2.24) is 19.4 Å². The first-order valence-electron chi connectivity index (χ1n) is 11.5. The average molecular weight is 419 g/mol. The molecule has 2 aromatic rings. The summed E-state index contributed by atoms with van der Waals surface area (Å²) < 4.78 is 1.96. The van der Waals surface area contributed by atoms with E-state index in [0.717, 1.165) is 64.0 Å². The first-order chi connectivity index (χ1) is 15.2. The van der Waals surface area contributed by atoms with Gasteiger partial charge in [0.15, 0.2) is 0 Å². The number of fused-ring (bicyclic) bond motifs is 4. The third-order valence-corrected chi connectivity index (χ3v) is 7.03. The zero-order chi connectivity index (χ0) is 21.2. The van der Waals surface area contributed by atoms with Gasteiger partial charge >= 0.3 is 0 Å². The molecule has 0 aromatic carbocycles. The minimum Gasteiger partial charge on any atom is -0.332 e. The highest BCUT2D eigenvalue weighted by atomic mass is 16.2. The molecular weight excluding hydrogens is 388 g/mol. The predicted molar refractivity (Wildman–Crippen MR) is 120 cm³/mol. The Morgan fingerprint density at radius 1 is 1.13 bits per heavy atom. The second-order valence-corrected chi connectivity index (χ2v) is 9.15. The average Bonchev–Trinajstić information content (AvgIpc) is 2.80. The standard InChI is InChI=1S/C25H30N4O2/c30-24(28-13-2-1-7-22(28)20-6-4-11-26-15-20)10-5-12-27-16-19-14-21(18-27)23-8-3-9-25(31)29(23)17-19/h3-6,8-11,15,19,21-22H,1-2,7,12-14,16-18H2/b10-5+/t19-,21+,22+/m0/s1. The summed E-state index contributed by atoms with van der Waals surface area (Å²) in [6, 6.07) is 9.79. The predicted octanol–water partition coefficient (Wildman–Crippen LogP) is 2.97. The van der Waals surface area contributed by atoms with Gasteiger partial charge in [-0.1, -0.05) is 18.2 Å². The number of aromatic nitrogens is 2. The lowest BCUT2D eigenvalue weighted by atomic mass is 9.83. The summed E-state index contributed by atoms with van der Waals surface area (Å²) in [6.45, 7) is 4.33. The molecule has 0 aliphatic carbocycles.